The Morgan fingerprint density at radius 2 is 0.593 bits per heavy atom. The summed E-state index contributed by atoms with van der Waals surface area (Å²) in [6.45, 7) is 3.78. The molecule has 81 heavy (non-hydrogen) atoms. The quantitative estimate of drug-likeness (QED) is 0.0663. The van der Waals surface area contributed by atoms with Crippen molar-refractivity contribution in [2.45, 2.75) is 31.6 Å². The fourth-order valence-corrected chi connectivity index (χ4v) is 9.25. The summed E-state index contributed by atoms with van der Waals surface area (Å²) in [6.07, 6.45) is -11.7. The lowest BCUT2D eigenvalue weighted by Gasteiger charge is -2.38. The van der Waals surface area contributed by atoms with E-state index >= 15 is 26.3 Å². The van der Waals surface area contributed by atoms with Crippen LogP contribution in [-0.4, -0.2) is 29.7 Å². The van der Waals surface area contributed by atoms with E-state index in [1.807, 2.05) is 62.4 Å². The van der Waals surface area contributed by atoms with Crippen LogP contribution in [0.2, 0.25) is 0 Å². The Kier molecular flexibility index (Phi) is 15.3. The number of carbonyl (C=O) groups excluding carboxylic acids is 3. The van der Waals surface area contributed by atoms with Crippen LogP contribution in [0.15, 0.2) is 243 Å². The van der Waals surface area contributed by atoms with Gasteiger partial charge in [-0.15, -0.1) is 0 Å². The Labute approximate surface area is 462 Å². The zero-order chi connectivity index (χ0) is 56.9. The van der Waals surface area contributed by atoms with Crippen LogP contribution in [0.25, 0.3) is 11.1 Å². The molecule has 0 amide bonds. The molecule has 0 unspecified atom stereocenters. The van der Waals surface area contributed by atoms with Gasteiger partial charge in [0.2, 0.25) is 5.41 Å². The molecule has 402 valence electrons. The van der Waals surface area contributed by atoms with Gasteiger partial charge in [-0.3, -0.25) is 14.4 Å². The maximum Gasteiger partial charge on any atom is 0.411 e. The normalized spacial score (nSPS) is 11.6. The number of benzene rings is 10. The third-order valence-corrected chi connectivity index (χ3v) is 13.5. The highest BCUT2D eigenvalue weighted by atomic mass is 19.4. The number of para-hydroxylation sites is 1. The van der Waals surface area contributed by atoms with Gasteiger partial charge in [0.1, 0.15) is 46.0 Å². The molecule has 0 radical (unpaired) electrons. The number of carbonyl (C=O) groups is 3. The summed E-state index contributed by atoms with van der Waals surface area (Å²) in [5.41, 5.74) is -1.05. The summed E-state index contributed by atoms with van der Waals surface area (Å²) in [6, 6.07) is 61.6. The number of halogens is 6. The molecule has 10 rings (SSSR count). The van der Waals surface area contributed by atoms with Crippen LogP contribution in [0.4, 0.5) is 26.3 Å². The highest BCUT2D eigenvalue weighted by Gasteiger charge is 2.72. The van der Waals surface area contributed by atoms with E-state index in [9.17, 15) is 14.4 Å². The predicted octanol–water partition coefficient (Wildman–Crippen LogP) is 18.2. The van der Waals surface area contributed by atoms with Crippen LogP contribution < -0.4 is 18.9 Å². The fraction of sp³-hybridized carbons (Fsp3) is 0.0735. The van der Waals surface area contributed by atoms with Gasteiger partial charge in [0.05, 0.1) is 0 Å². The van der Waals surface area contributed by atoms with E-state index in [1.54, 1.807) is 97.1 Å². The third-order valence-electron chi connectivity index (χ3n) is 13.5. The van der Waals surface area contributed by atoms with Gasteiger partial charge in [-0.2, -0.15) is 26.3 Å². The first-order chi connectivity index (χ1) is 38.9. The molecule has 10 aromatic carbocycles. The zero-order valence-electron chi connectivity index (χ0n) is 43.2. The number of alkyl halides is 6. The van der Waals surface area contributed by atoms with Gasteiger partial charge < -0.3 is 18.9 Å². The van der Waals surface area contributed by atoms with Crippen molar-refractivity contribution in [2.24, 2.45) is 0 Å². The van der Waals surface area contributed by atoms with Gasteiger partial charge in [-0.05, 0) is 176 Å². The molecule has 0 bridgehead atoms. The smallest absolute Gasteiger partial charge is 0.411 e. The maximum atomic E-state index is 15.1. The van der Waals surface area contributed by atoms with E-state index in [0.29, 0.717) is 61.9 Å². The van der Waals surface area contributed by atoms with Crippen molar-refractivity contribution in [1.29, 1.82) is 0 Å². The molecule has 10 aromatic rings. The van der Waals surface area contributed by atoms with Crippen molar-refractivity contribution in [3.05, 3.63) is 298 Å². The zero-order valence-corrected chi connectivity index (χ0v) is 43.2. The highest BCUT2D eigenvalue weighted by molar-refractivity contribution is 6.13. The first-order valence-corrected chi connectivity index (χ1v) is 25.3. The standard InChI is InChI=1S/C68H46F6O7/c1-43-8-11-46(12-9-43)63(75)48-17-27-54(28-18-48)79-57-33-23-51(24-34-57)66(67(69,70)71,68(72,73)74)52-25-35-58(36-26-52)80-55-29-19-49(20-30-55)64(76)47-15-13-45(14-16-47)61-41-10-44(2)42-62(61)65(77)50-21-31-56(32-22-50)81-60-39-37-59(38-40-60)78-53-6-4-3-5-7-53/h3-42H,1-2H3. The van der Waals surface area contributed by atoms with Crippen LogP contribution in [0, 0.1) is 13.8 Å². The van der Waals surface area contributed by atoms with Crippen molar-refractivity contribution in [3.8, 4) is 57.1 Å². The fourth-order valence-electron chi connectivity index (χ4n) is 9.25. The molecule has 7 nitrogen and oxygen atoms in total. The number of hydrogen-bond acceptors (Lipinski definition) is 7. The number of aryl methyl sites for hydroxylation is 2. The molecule has 0 N–H and O–H groups in total. The third kappa shape index (κ3) is 11.9. The number of ketones is 3. The monoisotopic (exact) mass is 1090 g/mol. The van der Waals surface area contributed by atoms with Gasteiger partial charge in [-0.25, -0.2) is 0 Å². The van der Waals surface area contributed by atoms with Gasteiger partial charge in [-0.1, -0.05) is 114 Å². The SMILES string of the molecule is Cc1ccc(C(=O)c2ccc(Oc3ccc(C(c4ccc(Oc5ccc(C(=O)c6ccc(-c7ccc(C)cc7C(=O)c7ccc(Oc8ccc(Oc9ccccc9)cc8)cc7)cc6)cc5)cc4)(C(F)(F)F)C(F)(F)F)cc3)cc2)cc1. The second-order valence-electron chi connectivity index (χ2n) is 19.0. The molecule has 0 aromatic heterocycles. The first kappa shape index (κ1) is 54.3. The number of ether oxygens (including phenoxy) is 4. The molecule has 0 spiro atoms. The lowest BCUT2D eigenvalue weighted by atomic mass is 9.73. The lowest BCUT2D eigenvalue weighted by molar-refractivity contribution is -0.288. The van der Waals surface area contributed by atoms with Crippen molar-refractivity contribution in [3.63, 3.8) is 0 Å². The first-order valence-electron chi connectivity index (χ1n) is 25.3. The molecular formula is C68H46F6O7. The lowest BCUT2D eigenvalue weighted by Crippen LogP contribution is -2.54. The Morgan fingerprint density at radius 1 is 0.309 bits per heavy atom. The molecule has 0 heterocycles. The van der Waals surface area contributed by atoms with Crippen LogP contribution in [0.1, 0.15) is 70.0 Å². The van der Waals surface area contributed by atoms with E-state index < -0.39 is 28.9 Å². The molecule has 0 fully saturated rings. The molecule has 0 saturated heterocycles. The molecule has 0 aliphatic heterocycles. The topological polar surface area (TPSA) is 88.1 Å². The van der Waals surface area contributed by atoms with Gasteiger partial charge in [0, 0.05) is 33.4 Å². The summed E-state index contributed by atoms with van der Waals surface area (Å²) in [5.74, 6) is 1.98. The average molecular weight is 1090 g/mol. The van der Waals surface area contributed by atoms with Crippen molar-refractivity contribution in [1.82, 2.24) is 0 Å². The van der Waals surface area contributed by atoms with Crippen LogP contribution >= 0.6 is 0 Å². The van der Waals surface area contributed by atoms with Crippen LogP contribution in [-0.2, 0) is 5.41 Å². The maximum absolute atomic E-state index is 15.1. The molecule has 0 aliphatic rings. The van der Waals surface area contributed by atoms with Crippen LogP contribution in [0.5, 0.6) is 46.0 Å². The van der Waals surface area contributed by atoms with E-state index in [2.05, 4.69) is 0 Å². The number of rotatable bonds is 17. The van der Waals surface area contributed by atoms with Crippen molar-refractivity contribution >= 4 is 17.3 Å². The Hall–Kier alpha value is -10.0. The number of hydrogen-bond donors (Lipinski definition) is 0. The Bertz CT molecular complexity index is 3830. The largest absolute Gasteiger partial charge is 0.457 e. The summed E-state index contributed by atoms with van der Waals surface area (Å²) in [5, 5.41) is 0. The second kappa shape index (κ2) is 22.8. The van der Waals surface area contributed by atoms with Crippen molar-refractivity contribution in [2.75, 3.05) is 0 Å². The minimum absolute atomic E-state index is 0.0353. The minimum atomic E-state index is -5.85. The van der Waals surface area contributed by atoms with E-state index in [4.69, 9.17) is 18.9 Å². The van der Waals surface area contributed by atoms with E-state index in [-0.39, 0.29) is 45.9 Å². The highest BCUT2D eigenvalue weighted by Crippen LogP contribution is 2.56. The van der Waals surface area contributed by atoms with Gasteiger partial charge >= 0.3 is 12.4 Å². The Morgan fingerprint density at radius 3 is 0.951 bits per heavy atom. The minimum Gasteiger partial charge on any atom is -0.457 e. The van der Waals surface area contributed by atoms with Crippen molar-refractivity contribution < 1.29 is 59.7 Å². The summed E-state index contributed by atoms with van der Waals surface area (Å²) >= 11 is 0. The average Bonchev–Trinajstić information content (AvgIpc) is 3.50. The summed E-state index contributed by atoms with van der Waals surface area (Å²) in [4.78, 5) is 40.6. The molecular weight excluding hydrogens is 1040 g/mol. The predicted molar refractivity (Wildman–Crippen MR) is 296 cm³/mol. The van der Waals surface area contributed by atoms with E-state index in [0.717, 1.165) is 59.7 Å². The second-order valence-corrected chi connectivity index (χ2v) is 19.0. The summed E-state index contributed by atoms with van der Waals surface area (Å²) < 4.78 is 114. The summed E-state index contributed by atoms with van der Waals surface area (Å²) in [7, 11) is 0. The van der Waals surface area contributed by atoms with Gasteiger partial charge in [0.25, 0.3) is 0 Å². The van der Waals surface area contributed by atoms with Gasteiger partial charge in [0.15, 0.2) is 17.3 Å². The molecule has 0 atom stereocenters. The molecule has 0 aliphatic carbocycles. The van der Waals surface area contributed by atoms with E-state index in [1.165, 1.54) is 48.5 Å². The molecule has 0 saturated carbocycles. The Balaban J connectivity index is 0.781. The van der Waals surface area contributed by atoms with Crippen LogP contribution in [0.3, 0.4) is 0 Å². The molecule has 13 heteroatoms.